The van der Waals surface area contributed by atoms with Crippen molar-refractivity contribution in [3.63, 3.8) is 0 Å². The van der Waals surface area contributed by atoms with Crippen molar-refractivity contribution in [3.05, 3.63) is 40.5 Å². The quantitative estimate of drug-likeness (QED) is 0.634. The summed E-state index contributed by atoms with van der Waals surface area (Å²) in [6.07, 6.45) is 0. The Morgan fingerprint density at radius 2 is 2.25 bits per heavy atom. The number of rotatable bonds is 1. The lowest BCUT2D eigenvalue weighted by Gasteiger charge is -2.01. The number of aliphatic hydroxyl groups is 1. The molecule has 0 unspecified atom stereocenters. The van der Waals surface area contributed by atoms with E-state index < -0.39 is 5.82 Å². The smallest absolute Gasteiger partial charge is 0.224 e. The zero-order chi connectivity index (χ0) is 9.14. The number of benzene rings is 1. The highest BCUT2D eigenvalue weighted by Gasteiger charge is 2.06. The molecule has 1 N–H and O–H groups in total. The van der Waals surface area contributed by atoms with Gasteiger partial charge < -0.3 is 5.11 Å². The molecule has 1 aromatic rings. The predicted molar refractivity (Wildman–Crippen MR) is 43.3 cm³/mol. The maximum Gasteiger partial charge on any atom is 0.224 e. The molecule has 0 atom stereocenters. The van der Waals surface area contributed by atoms with Gasteiger partial charge >= 0.3 is 0 Å². The maximum absolute atomic E-state index is 13.0. The van der Waals surface area contributed by atoms with E-state index in [0.717, 1.165) is 0 Å². The van der Waals surface area contributed by atoms with Gasteiger partial charge in [0, 0.05) is 0 Å². The van der Waals surface area contributed by atoms with Crippen LogP contribution in [-0.4, -0.2) is 5.11 Å². The molecule has 0 aliphatic heterocycles. The molecule has 0 heterocycles. The van der Waals surface area contributed by atoms with Crippen LogP contribution in [0.15, 0.2) is 12.1 Å². The van der Waals surface area contributed by atoms with Crippen LogP contribution in [0.25, 0.3) is 4.85 Å². The molecule has 3 heteroatoms. The minimum Gasteiger partial charge on any atom is -0.392 e. The van der Waals surface area contributed by atoms with Crippen molar-refractivity contribution in [1.29, 1.82) is 0 Å². The van der Waals surface area contributed by atoms with Crippen molar-refractivity contribution < 1.29 is 9.50 Å². The van der Waals surface area contributed by atoms with Gasteiger partial charge in [-0.3, -0.25) is 0 Å². The Kier molecular flexibility index (Phi) is 2.41. The van der Waals surface area contributed by atoms with Crippen LogP contribution >= 0.6 is 0 Å². The monoisotopic (exact) mass is 165 g/mol. The molecule has 1 rings (SSSR count). The second-order valence-electron chi connectivity index (χ2n) is 2.51. The number of aryl methyl sites for hydroxylation is 1. The van der Waals surface area contributed by atoms with Gasteiger partial charge in [0.15, 0.2) is 0 Å². The Hall–Kier alpha value is -1.40. The Morgan fingerprint density at radius 3 is 2.67 bits per heavy atom. The van der Waals surface area contributed by atoms with Gasteiger partial charge in [-0.2, -0.15) is 0 Å². The summed E-state index contributed by atoms with van der Waals surface area (Å²) >= 11 is 0. The molecule has 0 spiro atoms. The van der Waals surface area contributed by atoms with E-state index in [1.54, 1.807) is 13.0 Å². The summed E-state index contributed by atoms with van der Waals surface area (Å²) in [6.45, 7) is 8.13. The topological polar surface area (TPSA) is 24.6 Å². The third-order valence-corrected chi connectivity index (χ3v) is 1.61. The van der Waals surface area contributed by atoms with Crippen molar-refractivity contribution in [2.24, 2.45) is 0 Å². The van der Waals surface area contributed by atoms with Crippen molar-refractivity contribution >= 4 is 5.69 Å². The Labute approximate surface area is 70.1 Å². The maximum atomic E-state index is 13.0. The highest BCUT2D eigenvalue weighted by Crippen LogP contribution is 2.24. The van der Waals surface area contributed by atoms with Crippen LogP contribution < -0.4 is 0 Å². The summed E-state index contributed by atoms with van der Waals surface area (Å²) in [5.41, 5.74) is 1.10. The zero-order valence-electron chi connectivity index (χ0n) is 6.63. The summed E-state index contributed by atoms with van der Waals surface area (Å²) in [5.74, 6) is -0.561. The van der Waals surface area contributed by atoms with Gasteiger partial charge in [-0.15, -0.1) is 0 Å². The molecule has 0 aliphatic rings. The van der Waals surface area contributed by atoms with Gasteiger partial charge in [0.25, 0.3) is 0 Å². The fourth-order valence-electron chi connectivity index (χ4n) is 1.04. The van der Waals surface area contributed by atoms with Crippen LogP contribution in [0.5, 0.6) is 0 Å². The normalized spacial score (nSPS) is 9.50. The highest BCUT2D eigenvalue weighted by atomic mass is 19.1. The lowest BCUT2D eigenvalue weighted by Crippen LogP contribution is -1.87. The average molecular weight is 165 g/mol. The minimum atomic E-state index is -0.561. The second kappa shape index (κ2) is 3.33. The minimum absolute atomic E-state index is 0.0344. The molecule has 62 valence electrons. The van der Waals surface area contributed by atoms with Gasteiger partial charge in [0.2, 0.25) is 5.69 Å². The molecular formula is C9H8FNO. The molecule has 0 amide bonds. The van der Waals surface area contributed by atoms with Crippen molar-refractivity contribution in [3.8, 4) is 0 Å². The van der Waals surface area contributed by atoms with Crippen molar-refractivity contribution in [1.82, 2.24) is 0 Å². The summed E-state index contributed by atoms with van der Waals surface area (Å²) in [6, 6.07) is 2.79. The molecule has 0 saturated carbocycles. The van der Waals surface area contributed by atoms with E-state index in [4.69, 9.17) is 11.7 Å². The summed E-state index contributed by atoms with van der Waals surface area (Å²) < 4.78 is 13.0. The van der Waals surface area contributed by atoms with E-state index in [9.17, 15) is 4.39 Å². The van der Waals surface area contributed by atoms with Crippen LogP contribution in [0.4, 0.5) is 10.1 Å². The van der Waals surface area contributed by atoms with Crippen LogP contribution in [0.2, 0.25) is 0 Å². The first kappa shape index (κ1) is 8.69. The van der Waals surface area contributed by atoms with Crippen molar-refractivity contribution in [2.45, 2.75) is 13.5 Å². The van der Waals surface area contributed by atoms with Crippen LogP contribution in [0.3, 0.4) is 0 Å². The highest BCUT2D eigenvalue weighted by molar-refractivity contribution is 5.54. The van der Waals surface area contributed by atoms with Crippen molar-refractivity contribution in [2.75, 3.05) is 0 Å². The first-order chi connectivity index (χ1) is 5.69. The predicted octanol–water partition coefficient (Wildman–Crippen LogP) is 2.18. The molecule has 0 radical (unpaired) electrons. The Morgan fingerprint density at radius 1 is 1.58 bits per heavy atom. The Bertz CT molecular complexity index is 318. The number of halogens is 1. The first-order valence-electron chi connectivity index (χ1n) is 3.46. The number of aliphatic hydroxyl groups excluding tert-OH is 1. The van der Waals surface area contributed by atoms with Crippen LogP contribution in [-0.2, 0) is 6.61 Å². The molecule has 1 aromatic carbocycles. The molecule has 0 fully saturated rings. The largest absolute Gasteiger partial charge is 0.392 e. The number of hydrogen-bond acceptors (Lipinski definition) is 1. The second-order valence-corrected chi connectivity index (χ2v) is 2.51. The third kappa shape index (κ3) is 1.44. The van der Waals surface area contributed by atoms with E-state index >= 15 is 0 Å². The molecule has 0 saturated heterocycles. The zero-order valence-corrected chi connectivity index (χ0v) is 6.63. The van der Waals surface area contributed by atoms with Gasteiger partial charge in [-0.1, -0.05) is 6.07 Å². The number of nitrogens with zero attached hydrogens (tertiary/aromatic N) is 1. The van der Waals surface area contributed by atoms with E-state index in [1.807, 2.05) is 0 Å². The summed E-state index contributed by atoms with van der Waals surface area (Å²) in [4.78, 5) is 3.04. The fourth-order valence-corrected chi connectivity index (χ4v) is 1.04. The van der Waals surface area contributed by atoms with Gasteiger partial charge in [0.1, 0.15) is 5.82 Å². The third-order valence-electron chi connectivity index (χ3n) is 1.61. The molecule has 0 bridgehead atoms. The van der Waals surface area contributed by atoms with E-state index in [1.165, 1.54) is 6.07 Å². The van der Waals surface area contributed by atoms with E-state index in [2.05, 4.69) is 4.85 Å². The fraction of sp³-hybridized carbons (Fsp3) is 0.222. The summed E-state index contributed by atoms with van der Waals surface area (Å²) in [5, 5.41) is 8.71. The lowest BCUT2D eigenvalue weighted by atomic mass is 10.1. The average Bonchev–Trinajstić information content (AvgIpc) is 2.03. The lowest BCUT2D eigenvalue weighted by molar-refractivity contribution is 0.281. The van der Waals surface area contributed by atoms with Gasteiger partial charge in [-0.05, 0) is 24.1 Å². The van der Waals surface area contributed by atoms with Crippen LogP contribution in [0, 0.1) is 19.3 Å². The molecule has 2 nitrogen and oxygen atoms in total. The first-order valence-corrected chi connectivity index (χ1v) is 3.46. The summed E-state index contributed by atoms with van der Waals surface area (Å²) in [7, 11) is 0. The molecule has 12 heavy (non-hydrogen) atoms. The molecule has 0 aromatic heterocycles. The molecular weight excluding hydrogens is 157 g/mol. The molecule has 0 aliphatic carbocycles. The van der Waals surface area contributed by atoms with Crippen LogP contribution in [0.1, 0.15) is 11.1 Å². The van der Waals surface area contributed by atoms with Gasteiger partial charge in [-0.25, -0.2) is 9.24 Å². The van der Waals surface area contributed by atoms with Gasteiger partial charge in [0.05, 0.1) is 13.2 Å². The Balaban J connectivity index is 3.30. The van der Waals surface area contributed by atoms with E-state index in [0.29, 0.717) is 11.1 Å². The SMILES string of the molecule is [C-]#[N+]c1c(C)cc(CO)cc1F. The standard InChI is InChI=1S/C9H8FNO/c1-6-3-7(5-12)4-8(10)9(6)11-2/h3-4,12H,5H2,1H3. The van der Waals surface area contributed by atoms with E-state index in [-0.39, 0.29) is 12.3 Å². The number of hydrogen-bond donors (Lipinski definition) is 1.